The third kappa shape index (κ3) is 9.92. The quantitative estimate of drug-likeness (QED) is 0.525. The van der Waals surface area contributed by atoms with E-state index in [4.69, 9.17) is 0 Å². The third-order valence-electron chi connectivity index (χ3n) is 1.53. The molecule has 0 spiro atoms. The highest BCUT2D eigenvalue weighted by atomic mass is 32.2. The lowest BCUT2D eigenvalue weighted by Crippen LogP contribution is -2.25. The van der Waals surface area contributed by atoms with Crippen LogP contribution in [0.2, 0.25) is 0 Å². The second kappa shape index (κ2) is 6.45. The zero-order chi connectivity index (χ0) is 10.3. The molecule has 0 saturated heterocycles. The molecule has 0 N–H and O–H groups in total. The van der Waals surface area contributed by atoms with Crippen molar-refractivity contribution in [3.63, 3.8) is 0 Å². The van der Waals surface area contributed by atoms with Crippen molar-refractivity contribution in [3.8, 4) is 0 Å². The summed E-state index contributed by atoms with van der Waals surface area (Å²) < 4.78 is 21.6. The Morgan fingerprint density at radius 2 is 2.00 bits per heavy atom. The lowest BCUT2D eigenvalue weighted by molar-refractivity contribution is 0.392. The van der Waals surface area contributed by atoms with Crippen LogP contribution in [-0.2, 0) is 9.84 Å². The van der Waals surface area contributed by atoms with Gasteiger partial charge in [0.25, 0.3) is 0 Å². The highest BCUT2D eigenvalue weighted by Crippen LogP contribution is 1.88. The number of likely N-dealkylation sites (N-methyl/N-ethyl adjacent to an activating group) is 1. The van der Waals surface area contributed by atoms with E-state index in [0.717, 1.165) is 12.3 Å². The second-order valence-electron chi connectivity index (χ2n) is 3.05. The molecule has 0 aliphatic heterocycles. The SMILES string of the molecule is CN(CC=CCS)CCS(C)(=O)=O. The zero-order valence-corrected chi connectivity index (χ0v) is 9.81. The van der Waals surface area contributed by atoms with E-state index < -0.39 is 9.84 Å². The molecule has 5 heteroatoms. The van der Waals surface area contributed by atoms with Gasteiger partial charge in [-0.2, -0.15) is 12.6 Å². The minimum Gasteiger partial charge on any atom is -0.302 e. The first-order valence-corrected chi connectivity index (χ1v) is 6.77. The molecule has 0 aliphatic rings. The summed E-state index contributed by atoms with van der Waals surface area (Å²) in [5.74, 6) is 0.943. The van der Waals surface area contributed by atoms with E-state index in [1.165, 1.54) is 6.26 Å². The largest absolute Gasteiger partial charge is 0.302 e. The number of rotatable bonds is 6. The Bertz CT molecular complexity index is 247. The summed E-state index contributed by atoms with van der Waals surface area (Å²) in [4.78, 5) is 1.96. The summed E-state index contributed by atoms with van der Waals surface area (Å²) in [5, 5.41) is 0. The maximum atomic E-state index is 10.8. The Morgan fingerprint density at radius 1 is 1.38 bits per heavy atom. The van der Waals surface area contributed by atoms with Crippen molar-refractivity contribution in [2.75, 3.05) is 37.9 Å². The minimum atomic E-state index is -2.83. The summed E-state index contributed by atoms with van der Waals surface area (Å²) >= 11 is 4.02. The Balaban J connectivity index is 3.64. The molecule has 0 atom stereocenters. The van der Waals surface area contributed by atoms with Gasteiger partial charge in [0.1, 0.15) is 9.84 Å². The molecule has 78 valence electrons. The average Bonchev–Trinajstić information content (AvgIpc) is 2.00. The van der Waals surface area contributed by atoms with Gasteiger partial charge in [-0.25, -0.2) is 8.42 Å². The second-order valence-corrected chi connectivity index (χ2v) is 5.67. The van der Waals surface area contributed by atoms with Gasteiger partial charge in [0, 0.05) is 25.1 Å². The van der Waals surface area contributed by atoms with Crippen molar-refractivity contribution in [1.82, 2.24) is 4.90 Å². The first kappa shape index (κ1) is 13.0. The van der Waals surface area contributed by atoms with Crippen LogP contribution >= 0.6 is 12.6 Å². The third-order valence-corrected chi connectivity index (χ3v) is 2.67. The number of nitrogens with zero attached hydrogens (tertiary/aromatic N) is 1. The van der Waals surface area contributed by atoms with Gasteiger partial charge in [-0.15, -0.1) is 0 Å². The van der Waals surface area contributed by atoms with Crippen molar-refractivity contribution >= 4 is 22.5 Å². The molecule has 0 unspecified atom stereocenters. The van der Waals surface area contributed by atoms with Crippen LogP contribution in [0.3, 0.4) is 0 Å². The fourth-order valence-electron chi connectivity index (χ4n) is 0.742. The van der Waals surface area contributed by atoms with Crippen LogP contribution in [0.25, 0.3) is 0 Å². The first-order chi connectivity index (χ1) is 5.95. The van der Waals surface area contributed by atoms with Crippen molar-refractivity contribution < 1.29 is 8.42 Å². The van der Waals surface area contributed by atoms with Crippen LogP contribution in [0.1, 0.15) is 0 Å². The van der Waals surface area contributed by atoms with Gasteiger partial charge in [-0.1, -0.05) is 12.2 Å². The average molecular weight is 223 g/mol. The van der Waals surface area contributed by atoms with E-state index in [-0.39, 0.29) is 5.75 Å². The molecular formula is C8H17NO2S2. The minimum absolute atomic E-state index is 0.220. The summed E-state index contributed by atoms with van der Waals surface area (Å²) in [6, 6.07) is 0. The van der Waals surface area contributed by atoms with Gasteiger partial charge in [-0.3, -0.25) is 0 Å². The van der Waals surface area contributed by atoms with Crippen molar-refractivity contribution in [1.29, 1.82) is 0 Å². The number of thiol groups is 1. The predicted octanol–water partition coefficient (Wildman–Crippen LogP) is 0.449. The van der Waals surface area contributed by atoms with Crippen molar-refractivity contribution in [2.45, 2.75) is 0 Å². The maximum absolute atomic E-state index is 10.8. The topological polar surface area (TPSA) is 37.4 Å². The van der Waals surface area contributed by atoms with Gasteiger partial charge >= 0.3 is 0 Å². The van der Waals surface area contributed by atoms with Gasteiger partial charge in [0.2, 0.25) is 0 Å². The summed E-state index contributed by atoms with van der Waals surface area (Å²) in [7, 11) is -0.934. The first-order valence-electron chi connectivity index (χ1n) is 4.08. The highest BCUT2D eigenvalue weighted by Gasteiger charge is 2.03. The Morgan fingerprint density at radius 3 is 2.46 bits per heavy atom. The molecule has 0 amide bonds. The van der Waals surface area contributed by atoms with Gasteiger partial charge < -0.3 is 4.90 Å². The standard InChI is InChI=1S/C8H17NO2S2/c1-9(5-3-4-7-12)6-8-13(2,10)11/h3-4,12H,5-8H2,1-2H3. The smallest absolute Gasteiger partial charge is 0.148 e. The van der Waals surface area contributed by atoms with Gasteiger partial charge in [-0.05, 0) is 7.05 Å². The molecule has 0 aromatic carbocycles. The molecule has 0 heterocycles. The van der Waals surface area contributed by atoms with E-state index in [1.807, 2.05) is 24.1 Å². The molecule has 0 saturated carbocycles. The number of hydrogen-bond acceptors (Lipinski definition) is 4. The van der Waals surface area contributed by atoms with Crippen LogP contribution in [0, 0.1) is 0 Å². The molecule has 0 aliphatic carbocycles. The fourth-order valence-corrected chi connectivity index (χ4v) is 1.53. The van der Waals surface area contributed by atoms with Crippen LogP contribution in [0.5, 0.6) is 0 Å². The van der Waals surface area contributed by atoms with Crippen LogP contribution < -0.4 is 0 Å². The Kier molecular flexibility index (Phi) is 6.45. The Hall–Kier alpha value is -0.000000000000000111. The maximum Gasteiger partial charge on any atom is 0.148 e. The molecule has 0 bridgehead atoms. The van der Waals surface area contributed by atoms with Gasteiger partial charge in [0.05, 0.1) is 5.75 Å². The van der Waals surface area contributed by atoms with E-state index in [2.05, 4.69) is 12.6 Å². The van der Waals surface area contributed by atoms with E-state index in [1.54, 1.807) is 0 Å². The zero-order valence-electron chi connectivity index (χ0n) is 8.10. The lowest BCUT2D eigenvalue weighted by atomic mass is 10.5. The lowest BCUT2D eigenvalue weighted by Gasteiger charge is -2.12. The normalized spacial score (nSPS) is 12.9. The molecule has 0 fully saturated rings. The number of sulfone groups is 1. The van der Waals surface area contributed by atoms with Crippen molar-refractivity contribution in [3.05, 3.63) is 12.2 Å². The molecule has 0 aromatic heterocycles. The van der Waals surface area contributed by atoms with Gasteiger partial charge in [0.15, 0.2) is 0 Å². The number of hydrogen-bond donors (Lipinski definition) is 1. The summed E-state index contributed by atoms with van der Waals surface area (Å²) in [5.41, 5.74) is 0. The summed E-state index contributed by atoms with van der Waals surface area (Å²) in [6.07, 6.45) is 5.18. The molecular weight excluding hydrogens is 206 g/mol. The van der Waals surface area contributed by atoms with E-state index >= 15 is 0 Å². The summed E-state index contributed by atoms with van der Waals surface area (Å²) in [6.45, 7) is 1.35. The fraction of sp³-hybridized carbons (Fsp3) is 0.750. The Labute approximate surface area is 86.1 Å². The molecule has 0 rings (SSSR count). The van der Waals surface area contributed by atoms with E-state index in [9.17, 15) is 8.42 Å². The molecule has 3 nitrogen and oxygen atoms in total. The van der Waals surface area contributed by atoms with Crippen LogP contribution in [0.4, 0.5) is 0 Å². The van der Waals surface area contributed by atoms with Crippen molar-refractivity contribution in [2.24, 2.45) is 0 Å². The highest BCUT2D eigenvalue weighted by molar-refractivity contribution is 7.90. The van der Waals surface area contributed by atoms with Crippen LogP contribution in [-0.4, -0.2) is 51.2 Å². The molecule has 13 heavy (non-hydrogen) atoms. The monoisotopic (exact) mass is 223 g/mol. The van der Waals surface area contributed by atoms with Crippen LogP contribution in [0.15, 0.2) is 12.2 Å². The molecule has 0 radical (unpaired) electrons. The molecule has 0 aromatic rings. The predicted molar refractivity (Wildman–Crippen MR) is 60.2 cm³/mol. The van der Waals surface area contributed by atoms with E-state index in [0.29, 0.717) is 6.54 Å².